The van der Waals surface area contributed by atoms with Crippen LogP contribution in [0.1, 0.15) is 22.9 Å². The number of aryl methyl sites for hydroxylation is 2. The minimum absolute atomic E-state index is 0.251. The number of hydrogen-bond acceptors (Lipinski definition) is 3. The number of nitrogens with one attached hydrogen (secondary N) is 1. The highest BCUT2D eigenvalue weighted by Gasteiger charge is 2.17. The number of benzene rings is 1. The molecule has 0 aliphatic rings. The first-order chi connectivity index (χ1) is 8.11. The molecule has 1 heterocycles. The van der Waals surface area contributed by atoms with Gasteiger partial charge in [-0.2, -0.15) is 5.10 Å². The van der Waals surface area contributed by atoms with Gasteiger partial charge in [0, 0.05) is 18.8 Å². The second-order valence-corrected chi connectivity index (χ2v) is 4.00. The lowest BCUT2D eigenvalue weighted by Gasteiger charge is -2.15. The number of hydrogen-bond donors (Lipinski definition) is 2. The summed E-state index contributed by atoms with van der Waals surface area (Å²) in [7, 11) is 1.84. The number of halogens is 1. The van der Waals surface area contributed by atoms with Gasteiger partial charge in [0.25, 0.3) is 0 Å². The summed E-state index contributed by atoms with van der Waals surface area (Å²) in [4.78, 5) is 0. The van der Waals surface area contributed by atoms with Crippen molar-refractivity contribution in [2.24, 2.45) is 12.9 Å². The van der Waals surface area contributed by atoms with Crippen LogP contribution < -0.4 is 11.3 Å². The number of aromatic nitrogens is 2. The van der Waals surface area contributed by atoms with E-state index >= 15 is 0 Å². The van der Waals surface area contributed by atoms with Crippen LogP contribution in [0.5, 0.6) is 0 Å². The van der Waals surface area contributed by atoms with Crippen LogP contribution in [-0.2, 0) is 7.05 Å². The first-order valence-corrected chi connectivity index (χ1v) is 5.33. The van der Waals surface area contributed by atoms with Gasteiger partial charge < -0.3 is 0 Å². The van der Waals surface area contributed by atoms with E-state index in [2.05, 4.69) is 10.5 Å². The lowest BCUT2D eigenvalue weighted by molar-refractivity contribution is 0.604. The molecule has 0 aliphatic carbocycles. The maximum Gasteiger partial charge on any atom is 0.123 e. The minimum Gasteiger partial charge on any atom is -0.275 e. The van der Waals surface area contributed by atoms with Gasteiger partial charge in [0.05, 0.1) is 11.7 Å². The van der Waals surface area contributed by atoms with E-state index < -0.39 is 0 Å². The minimum atomic E-state index is -0.274. The van der Waals surface area contributed by atoms with Crippen molar-refractivity contribution < 1.29 is 4.39 Å². The van der Waals surface area contributed by atoms with Crippen molar-refractivity contribution in [1.29, 1.82) is 0 Å². The van der Waals surface area contributed by atoms with Crippen molar-refractivity contribution in [1.82, 2.24) is 15.2 Å². The van der Waals surface area contributed by atoms with Crippen LogP contribution in [-0.4, -0.2) is 9.78 Å². The fourth-order valence-electron chi connectivity index (χ4n) is 1.95. The molecular weight excluding hydrogens is 219 g/mol. The van der Waals surface area contributed by atoms with Crippen LogP contribution in [0.15, 0.2) is 30.5 Å². The maximum absolute atomic E-state index is 13.2. The normalized spacial score (nSPS) is 12.7. The Morgan fingerprint density at radius 2 is 2.24 bits per heavy atom. The van der Waals surface area contributed by atoms with Gasteiger partial charge in [0.2, 0.25) is 0 Å². The molecule has 4 nitrogen and oxygen atoms in total. The molecule has 0 saturated carbocycles. The van der Waals surface area contributed by atoms with E-state index in [1.54, 1.807) is 10.7 Å². The zero-order valence-corrected chi connectivity index (χ0v) is 9.81. The molecular formula is C12H15FN4. The third-order valence-electron chi connectivity index (χ3n) is 2.71. The predicted octanol–water partition coefficient (Wildman–Crippen LogP) is 1.42. The Bertz CT molecular complexity index is 521. The Balaban J connectivity index is 2.43. The highest BCUT2D eigenvalue weighted by atomic mass is 19.1. The molecule has 3 N–H and O–H groups in total. The summed E-state index contributed by atoms with van der Waals surface area (Å²) in [5.41, 5.74) is 5.30. The van der Waals surface area contributed by atoms with Gasteiger partial charge in [0.15, 0.2) is 0 Å². The van der Waals surface area contributed by atoms with E-state index in [1.165, 1.54) is 12.1 Å². The van der Waals surface area contributed by atoms with Gasteiger partial charge in [-0.1, -0.05) is 12.1 Å². The molecule has 2 rings (SSSR count). The molecule has 0 bridgehead atoms. The molecule has 5 heteroatoms. The average Bonchev–Trinajstić information content (AvgIpc) is 2.59. The molecule has 90 valence electrons. The zero-order chi connectivity index (χ0) is 12.4. The zero-order valence-electron chi connectivity index (χ0n) is 9.81. The lowest BCUT2D eigenvalue weighted by Crippen LogP contribution is -2.29. The third kappa shape index (κ3) is 2.35. The highest BCUT2D eigenvalue weighted by Crippen LogP contribution is 2.23. The quantitative estimate of drug-likeness (QED) is 0.624. The molecule has 0 radical (unpaired) electrons. The molecule has 1 atom stereocenters. The standard InChI is InChI=1S/C12H15FN4/c1-8-11(7-17(2)16-8)12(15-14)9-4-3-5-10(13)6-9/h3-7,12,15H,14H2,1-2H3. The van der Waals surface area contributed by atoms with E-state index in [9.17, 15) is 4.39 Å². The molecule has 0 amide bonds. The van der Waals surface area contributed by atoms with Crippen LogP contribution in [0.4, 0.5) is 4.39 Å². The molecule has 0 spiro atoms. The lowest BCUT2D eigenvalue weighted by atomic mass is 10.00. The Morgan fingerprint density at radius 1 is 1.47 bits per heavy atom. The van der Waals surface area contributed by atoms with Crippen LogP contribution in [0, 0.1) is 12.7 Å². The third-order valence-corrected chi connectivity index (χ3v) is 2.71. The fourth-order valence-corrected chi connectivity index (χ4v) is 1.95. The van der Waals surface area contributed by atoms with Gasteiger partial charge in [-0.3, -0.25) is 10.5 Å². The summed E-state index contributed by atoms with van der Waals surface area (Å²) in [5.74, 6) is 5.28. The second-order valence-electron chi connectivity index (χ2n) is 4.00. The molecule has 1 aromatic carbocycles. The highest BCUT2D eigenvalue weighted by molar-refractivity contribution is 5.32. The van der Waals surface area contributed by atoms with E-state index in [1.807, 2.05) is 26.2 Å². The Labute approximate surface area is 99.2 Å². The Hall–Kier alpha value is -1.72. The molecule has 0 fully saturated rings. The van der Waals surface area contributed by atoms with Crippen molar-refractivity contribution in [2.45, 2.75) is 13.0 Å². The fraction of sp³-hybridized carbons (Fsp3) is 0.250. The largest absolute Gasteiger partial charge is 0.275 e. The van der Waals surface area contributed by atoms with Crippen LogP contribution in [0.2, 0.25) is 0 Å². The SMILES string of the molecule is Cc1nn(C)cc1C(NN)c1cccc(F)c1. The number of rotatable bonds is 3. The van der Waals surface area contributed by atoms with Crippen LogP contribution in [0.3, 0.4) is 0 Å². The van der Waals surface area contributed by atoms with Gasteiger partial charge in [-0.05, 0) is 24.6 Å². The molecule has 0 saturated heterocycles. The smallest absolute Gasteiger partial charge is 0.123 e. The van der Waals surface area contributed by atoms with Crippen molar-refractivity contribution >= 4 is 0 Å². The molecule has 2 aromatic rings. The molecule has 0 aliphatic heterocycles. The van der Waals surface area contributed by atoms with E-state index in [-0.39, 0.29) is 11.9 Å². The van der Waals surface area contributed by atoms with Crippen molar-refractivity contribution in [3.63, 3.8) is 0 Å². The monoisotopic (exact) mass is 234 g/mol. The first-order valence-electron chi connectivity index (χ1n) is 5.33. The molecule has 1 aromatic heterocycles. The summed E-state index contributed by atoms with van der Waals surface area (Å²) in [6.45, 7) is 1.90. The van der Waals surface area contributed by atoms with Crippen molar-refractivity contribution in [3.05, 3.63) is 53.1 Å². The topological polar surface area (TPSA) is 55.9 Å². The van der Waals surface area contributed by atoms with E-state index in [0.717, 1.165) is 16.8 Å². The van der Waals surface area contributed by atoms with Crippen molar-refractivity contribution in [2.75, 3.05) is 0 Å². The maximum atomic E-state index is 13.2. The summed E-state index contributed by atoms with van der Waals surface area (Å²) < 4.78 is 14.9. The summed E-state index contributed by atoms with van der Waals surface area (Å²) in [5, 5.41) is 4.26. The van der Waals surface area contributed by atoms with E-state index in [4.69, 9.17) is 5.84 Å². The van der Waals surface area contributed by atoms with Crippen molar-refractivity contribution in [3.8, 4) is 0 Å². The summed E-state index contributed by atoms with van der Waals surface area (Å²) >= 11 is 0. The second kappa shape index (κ2) is 4.65. The average molecular weight is 234 g/mol. The Kier molecular flexibility index (Phi) is 3.21. The van der Waals surface area contributed by atoms with Gasteiger partial charge in [-0.25, -0.2) is 9.82 Å². The molecule has 1 unspecified atom stereocenters. The first kappa shape index (κ1) is 11.8. The predicted molar refractivity (Wildman–Crippen MR) is 63.5 cm³/mol. The number of nitrogens with zero attached hydrogens (tertiary/aromatic N) is 2. The van der Waals surface area contributed by atoms with Gasteiger partial charge >= 0.3 is 0 Å². The summed E-state index contributed by atoms with van der Waals surface area (Å²) in [6, 6.07) is 6.13. The number of nitrogens with two attached hydrogens (primary N) is 1. The molecule has 17 heavy (non-hydrogen) atoms. The van der Waals surface area contributed by atoms with Crippen LogP contribution >= 0.6 is 0 Å². The van der Waals surface area contributed by atoms with Gasteiger partial charge in [-0.15, -0.1) is 0 Å². The number of hydrazine groups is 1. The van der Waals surface area contributed by atoms with Gasteiger partial charge in [0.1, 0.15) is 5.82 Å². The Morgan fingerprint density at radius 3 is 2.76 bits per heavy atom. The van der Waals surface area contributed by atoms with E-state index in [0.29, 0.717) is 0 Å². The summed E-state index contributed by atoms with van der Waals surface area (Å²) in [6.07, 6.45) is 1.88. The van der Waals surface area contributed by atoms with Crippen LogP contribution in [0.25, 0.3) is 0 Å².